The van der Waals surface area contributed by atoms with Gasteiger partial charge in [-0.1, -0.05) is 0 Å². The molecule has 3 nitrogen and oxygen atoms in total. The number of halogens is 15. The summed E-state index contributed by atoms with van der Waals surface area (Å²) in [5.41, 5.74) is 0. The van der Waals surface area contributed by atoms with Crippen LogP contribution in [0.5, 0.6) is 0 Å². The Morgan fingerprint density at radius 2 is 0.615 bits per heavy atom. The van der Waals surface area contributed by atoms with Crippen molar-refractivity contribution in [3.05, 3.63) is 0 Å². The second-order valence-electron chi connectivity index (χ2n) is 4.37. The van der Waals surface area contributed by atoms with Gasteiger partial charge in [-0.2, -0.15) is 74.3 Å². The van der Waals surface area contributed by atoms with E-state index in [0.717, 1.165) is 0 Å². The number of rotatable bonds is 4. The van der Waals surface area contributed by atoms with Gasteiger partial charge >= 0.3 is 41.0 Å². The fraction of sp³-hybridized carbons (Fsp3) is 1.00. The Hall–Kier alpha value is -1.14. The molecule has 0 saturated heterocycles. The number of alkyl halides is 15. The van der Waals surface area contributed by atoms with Gasteiger partial charge in [0.2, 0.25) is 0 Å². The van der Waals surface area contributed by atoms with Crippen molar-refractivity contribution in [3.63, 3.8) is 0 Å². The van der Waals surface area contributed by atoms with Crippen molar-refractivity contribution in [2.24, 2.45) is 0 Å². The van der Waals surface area contributed by atoms with Gasteiger partial charge < -0.3 is 0 Å². The Balaban J connectivity index is 7.92. The zero-order valence-corrected chi connectivity index (χ0v) is 11.7. The molecule has 0 heterocycles. The predicted molar refractivity (Wildman–Crippen MR) is 47.3 cm³/mol. The van der Waals surface area contributed by atoms with E-state index in [9.17, 15) is 74.3 Å². The Morgan fingerprint density at radius 3 is 0.692 bits per heavy atom. The van der Waals surface area contributed by atoms with Crippen molar-refractivity contribution in [1.29, 1.82) is 0 Å². The van der Waals surface area contributed by atoms with Crippen LogP contribution < -0.4 is 0 Å². The van der Waals surface area contributed by atoms with Crippen LogP contribution in [0.4, 0.5) is 65.9 Å². The molecule has 0 aliphatic rings. The van der Waals surface area contributed by atoms with Crippen molar-refractivity contribution in [1.82, 2.24) is 0 Å². The summed E-state index contributed by atoms with van der Waals surface area (Å²) in [6.45, 7) is 0. The van der Waals surface area contributed by atoms with Crippen LogP contribution in [0.2, 0.25) is 0 Å². The largest absolute Gasteiger partial charge is 0.455 e. The molecule has 0 aromatic heterocycles. The van der Waals surface area contributed by atoms with Gasteiger partial charge in [0.05, 0.1) is 0 Å². The smallest absolute Gasteiger partial charge is 0.285 e. The van der Waals surface area contributed by atoms with E-state index in [0.29, 0.717) is 0 Å². The molecule has 0 aliphatic carbocycles. The first kappa shape index (κ1) is 24.9. The predicted octanol–water partition coefficient (Wildman–Crippen LogP) is 4.21. The molecule has 0 atom stereocenters. The van der Waals surface area contributed by atoms with Gasteiger partial charge in [-0.05, 0) is 0 Å². The minimum absolute atomic E-state index is 8.06. The summed E-state index contributed by atoms with van der Waals surface area (Å²) in [5.74, 6) is -26.0. The molecular weight excluding hydrogens is 449 g/mol. The summed E-state index contributed by atoms with van der Waals surface area (Å²) in [6, 6.07) is 0. The Morgan fingerprint density at radius 1 is 0.462 bits per heavy atom. The average molecular weight is 450 g/mol. The molecule has 0 aromatic rings. The summed E-state index contributed by atoms with van der Waals surface area (Å²) in [5, 5.41) is 0. The van der Waals surface area contributed by atoms with E-state index in [1.165, 1.54) is 0 Å². The molecule has 0 radical (unpaired) electrons. The van der Waals surface area contributed by atoms with Gasteiger partial charge in [-0.15, -0.1) is 0 Å². The van der Waals surface area contributed by atoms with Gasteiger partial charge in [-0.3, -0.25) is 4.55 Å². The van der Waals surface area contributed by atoms with Gasteiger partial charge in [0, 0.05) is 0 Å². The van der Waals surface area contributed by atoms with Crippen molar-refractivity contribution in [2.75, 3.05) is 0 Å². The fourth-order valence-electron chi connectivity index (χ4n) is 1.68. The van der Waals surface area contributed by atoms with Crippen LogP contribution in [0, 0.1) is 0 Å². The molecule has 0 spiro atoms. The van der Waals surface area contributed by atoms with E-state index in [1.54, 1.807) is 0 Å². The number of hydrogen-bond acceptors (Lipinski definition) is 2. The summed E-state index contributed by atoms with van der Waals surface area (Å²) in [6.07, 6.45) is -24.4. The molecule has 0 unspecified atom stereocenters. The maximum Gasteiger partial charge on any atom is 0.455 e. The van der Waals surface area contributed by atoms with Crippen LogP contribution in [0.1, 0.15) is 0 Å². The lowest BCUT2D eigenvalue weighted by Gasteiger charge is -2.46. The molecule has 0 amide bonds. The quantitative estimate of drug-likeness (QED) is 0.516. The van der Waals surface area contributed by atoms with Crippen molar-refractivity contribution >= 4 is 10.1 Å². The van der Waals surface area contributed by atoms with Crippen molar-refractivity contribution < 1.29 is 78.8 Å². The monoisotopic (exact) mass is 450 g/mol. The molecule has 0 aliphatic heterocycles. The Kier molecular flexibility index (Phi) is 5.43. The van der Waals surface area contributed by atoms with Gasteiger partial charge in [0.15, 0.2) is 0 Å². The molecule has 19 heteroatoms. The van der Waals surface area contributed by atoms with E-state index in [4.69, 9.17) is 4.55 Å². The third-order valence-corrected chi connectivity index (χ3v) is 4.32. The SMILES string of the molecule is O=S(=O)(O)C(C(F)(F)C(F)(F)F)(C(F)(F)C(F)(F)F)C(F)(F)C(F)(F)F. The molecule has 0 bridgehead atoms. The fourth-order valence-corrected chi connectivity index (χ4v) is 3.00. The summed E-state index contributed by atoms with van der Waals surface area (Å²) < 4.78 is 209. The maximum atomic E-state index is 13.2. The lowest BCUT2D eigenvalue weighted by Crippen LogP contribution is -2.82. The van der Waals surface area contributed by atoms with Crippen molar-refractivity contribution in [3.8, 4) is 0 Å². The molecule has 0 rings (SSSR count). The summed E-state index contributed by atoms with van der Waals surface area (Å²) in [7, 11) is -8.86. The Labute approximate surface area is 131 Å². The van der Waals surface area contributed by atoms with Crippen LogP contribution >= 0.6 is 0 Å². The standard InChI is InChI=1S/C7HF15O3S/c8-2(9,5(14,15)16)1(26(23,24)25,3(10,11)6(17,18)19)4(12,13)7(20,21)22/h(H,23,24,25). The molecule has 0 aromatic carbocycles. The minimum atomic E-state index is -8.86. The highest BCUT2D eigenvalue weighted by molar-refractivity contribution is 7.87. The Bertz CT molecular complexity index is 571. The van der Waals surface area contributed by atoms with Gasteiger partial charge in [0.1, 0.15) is 0 Å². The van der Waals surface area contributed by atoms with Crippen LogP contribution in [0.15, 0.2) is 0 Å². The number of hydrogen-bond donors (Lipinski definition) is 1. The molecule has 1 N–H and O–H groups in total. The van der Waals surface area contributed by atoms with Crippen LogP contribution in [-0.4, -0.2) is 54.0 Å². The van der Waals surface area contributed by atoms with E-state index in [-0.39, 0.29) is 0 Å². The molecule has 158 valence electrons. The molecule has 26 heavy (non-hydrogen) atoms. The summed E-state index contributed by atoms with van der Waals surface area (Å²) in [4.78, 5) is 0. The minimum Gasteiger partial charge on any atom is -0.285 e. The third-order valence-electron chi connectivity index (χ3n) is 2.78. The van der Waals surface area contributed by atoms with Gasteiger partial charge in [0.25, 0.3) is 10.1 Å². The van der Waals surface area contributed by atoms with E-state index in [1.807, 2.05) is 0 Å². The highest BCUT2D eigenvalue weighted by Crippen LogP contribution is 2.66. The highest BCUT2D eigenvalue weighted by atomic mass is 32.2. The first-order chi connectivity index (χ1) is 10.8. The van der Waals surface area contributed by atoms with Crippen LogP contribution in [0.3, 0.4) is 0 Å². The third kappa shape index (κ3) is 2.85. The highest BCUT2D eigenvalue weighted by Gasteiger charge is 3.01. The van der Waals surface area contributed by atoms with Gasteiger partial charge in [-0.25, -0.2) is 0 Å². The van der Waals surface area contributed by atoms with Crippen LogP contribution in [-0.2, 0) is 10.1 Å². The lowest BCUT2D eigenvalue weighted by atomic mass is 9.84. The zero-order chi connectivity index (χ0) is 22.0. The lowest BCUT2D eigenvalue weighted by molar-refractivity contribution is -0.420. The second kappa shape index (κ2) is 5.68. The molecule has 0 fully saturated rings. The average Bonchev–Trinajstić information content (AvgIpc) is 2.20. The molecular formula is C7HF15O3S. The van der Waals surface area contributed by atoms with E-state index in [2.05, 4.69) is 0 Å². The second-order valence-corrected chi connectivity index (χ2v) is 5.94. The maximum absolute atomic E-state index is 13.2. The normalized spacial score (nSPS) is 16.8. The topological polar surface area (TPSA) is 54.4 Å². The zero-order valence-electron chi connectivity index (χ0n) is 10.8. The van der Waals surface area contributed by atoms with Crippen molar-refractivity contribution in [2.45, 2.75) is 41.0 Å². The summed E-state index contributed by atoms with van der Waals surface area (Å²) >= 11 is 0. The van der Waals surface area contributed by atoms with E-state index < -0.39 is 51.2 Å². The first-order valence-corrected chi connectivity index (χ1v) is 6.49. The first-order valence-electron chi connectivity index (χ1n) is 5.05. The molecule has 0 saturated carbocycles. The van der Waals surface area contributed by atoms with E-state index >= 15 is 0 Å². The van der Waals surface area contributed by atoms with Crippen LogP contribution in [0.25, 0.3) is 0 Å².